The van der Waals surface area contributed by atoms with E-state index < -0.39 is 31.6 Å². The maximum Gasteiger partial charge on any atom is 0.270 e. The number of likely N-dealkylation sites (tertiary alicyclic amines) is 1. The highest BCUT2D eigenvalue weighted by atomic mass is 35.5. The van der Waals surface area contributed by atoms with Crippen LogP contribution in [-0.4, -0.2) is 43.8 Å². The van der Waals surface area contributed by atoms with Crippen LogP contribution in [0.4, 0.5) is 5.69 Å². The van der Waals surface area contributed by atoms with Gasteiger partial charge in [0.2, 0.25) is 15.9 Å². The van der Waals surface area contributed by atoms with E-state index in [1.54, 1.807) is 7.05 Å². The summed E-state index contributed by atoms with van der Waals surface area (Å²) >= 11 is 5.80. The molecule has 1 N–H and O–H groups in total. The van der Waals surface area contributed by atoms with E-state index in [0.717, 1.165) is 18.2 Å². The normalized spacial score (nSPS) is 19.0. The minimum atomic E-state index is -4.12. The highest BCUT2D eigenvalue weighted by molar-refractivity contribution is 7.89. The largest absolute Gasteiger partial charge is 0.344 e. The van der Waals surface area contributed by atoms with Gasteiger partial charge in [0, 0.05) is 25.7 Å². The molecule has 0 saturated carbocycles. The lowest BCUT2D eigenvalue weighted by molar-refractivity contribution is -0.385. The van der Waals surface area contributed by atoms with Crippen LogP contribution in [0.3, 0.4) is 0 Å². The Bertz CT molecular complexity index is 706. The number of sulfonamides is 1. The second-order valence-electron chi connectivity index (χ2n) is 4.59. The number of benzene rings is 1. The topological polar surface area (TPSA) is 110 Å². The molecule has 0 bridgehead atoms. The molecule has 1 aliphatic rings. The van der Waals surface area contributed by atoms with Gasteiger partial charge in [-0.25, -0.2) is 8.42 Å². The van der Waals surface area contributed by atoms with Gasteiger partial charge in [0.05, 0.1) is 9.95 Å². The molecule has 2 rings (SSSR count). The fourth-order valence-corrected chi connectivity index (χ4v) is 3.74. The first-order chi connectivity index (χ1) is 9.72. The molecule has 8 nitrogen and oxygen atoms in total. The number of likely N-dealkylation sites (N-methyl/N-ethyl adjacent to an activating group) is 1. The zero-order chi connectivity index (χ0) is 15.8. The van der Waals surface area contributed by atoms with Gasteiger partial charge in [-0.1, -0.05) is 11.6 Å². The van der Waals surface area contributed by atoms with Crippen molar-refractivity contribution < 1.29 is 18.1 Å². The number of hydrogen-bond donors (Lipinski definition) is 1. The van der Waals surface area contributed by atoms with Crippen LogP contribution >= 0.6 is 11.6 Å². The third kappa shape index (κ3) is 3.14. The van der Waals surface area contributed by atoms with Crippen LogP contribution in [0.5, 0.6) is 0 Å². The number of rotatable bonds is 4. The first-order valence-electron chi connectivity index (χ1n) is 5.93. The molecular weight excluding hydrogens is 322 g/mol. The summed E-state index contributed by atoms with van der Waals surface area (Å²) in [5, 5.41) is 10.6. The maximum atomic E-state index is 12.2. The van der Waals surface area contributed by atoms with Gasteiger partial charge in [0.15, 0.2) is 0 Å². The van der Waals surface area contributed by atoms with Crippen molar-refractivity contribution in [2.45, 2.75) is 17.4 Å². The van der Waals surface area contributed by atoms with Crippen molar-refractivity contribution in [1.29, 1.82) is 0 Å². The van der Waals surface area contributed by atoms with E-state index in [2.05, 4.69) is 4.72 Å². The highest BCUT2D eigenvalue weighted by Gasteiger charge is 2.34. The molecule has 1 aromatic rings. The van der Waals surface area contributed by atoms with Crippen LogP contribution in [0, 0.1) is 10.1 Å². The standard InChI is InChI=1S/C11H12ClN3O5S/c1-14-5-4-9(11(14)16)13-21(19,20)10-6-7(15(17)18)2-3-8(10)12/h2-3,6,9,13H,4-5H2,1H3. The number of carbonyl (C=O) groups is 1. The molecule has 114 valence electrons. The predicted molar refractivity (Wildman–Crippen MR) is 74.5 cm³/mol. The van der Waals surface area contributed by atoms with Gasteiger partial charge in [-0.2, -0.15) is 4.72 Å². The maximum absolute atomic E-state index is 12.2. The second kappa shape index (κ2) is 5.58. The van der Waals surface area contributed by atoms with Crippen LogP contribution in [0.15, 0.2) is 23.1 Å². The molecule has 0 aliphatic carbocycles. The molecule has 10 heteroatoms. The Labute approximate surface area is 125 Å². The van der Waals surface area contributed by atoms with Crippen molar-refractivity contribution in [2.75, 3.05) is 13.6 Å². The number of non-ortho nitro benzene ring substituents is 1. The van der Waals surface area contributed by atoms with Crippen molar-refractivity contribution in [3.63, 3.8) is 0 Å². The number of hydrogen-bond acceptors (Lipinski definition) is 5. The quantitative estimate of drug-likeness (QED) is 0.646. The smallest absolute Gasteiger partial charge is 0.270 e. The molecule has 1 heterocycles. The summed E-state index contributed by atoms with van der Waals surface area (Å²) in [7, 11) is -2.55. The third-order valence-electron chi connectivity index (χ3n) is 3.14. The van der Waals surface area contributed by atoms with E-state index in [0.29, 0.717) is 13.0 Å². The Morgan fingerprint density at radius 3 is 2.67 bits per heavy atom. The Hall–Kier alpha value is -1.71. The first-order valence-corrected chi connectivity index (χ1v) is 7.80. The van der Waals surface area contributed by atoms with Gasteiger partial charge < -0.3 is 4.90 Å². The minimum absolute atomic E-state index is 0.146. The molecule has 0 radical (unpaired) electrons. The molecule has 1 aliphatic heterocycles. The third-order valence-corrected chi connectivity index (χ3v) is 5.09. The molecule has 1 saturated heterocycles. The SMILES string of the molecule is CN1CCC(NS(=O)(=O)c2cc([N+](=O)[O-])ccc2Cl)C1=O. The monoisotopic (exact) mass is 333 g/mol. The molecule has 1 atom stereocenters. The predicted octanol–water partition coefficient (Wildman–Crippen LogP) is 0.757. The van der Waals surface area contributed by atoms with Crippen LogP contribution in [0.1, 0.15) is 6.42 Å². The van der Waals surface area contributed by atoms with E-state index in [1.165, 1.54) is 4.90 Å². The molecule has 0 spiro atoms. The lowest BCUT2D eigenvalue weighted by Crippen LogP contribution is -2.40. The van der Waals surface area contributed by atoms with Gasteiger partial charge in [-0.15, -0.1) is 0 Å². The Morgan fingerprint density at radius 2 is 2.14 bits per heavy atom. The van der Waals surface area contributed by atoms with Crippen LogP contribution in [0.25, 0.3) is 0 Å². The lowest BCUT2D eigenvalue weighted by Gasteiger charge is -2.13. The molecule has 1 fully saturated rings. The van der Waals surface area contributed by atoms with Crippen LogP contribution < -0.4 is 4.72 Å². The Morgan fingerprint density at radius 1 is 1.48 bits per heavy atom. The van der Waals surface area contributed by atoms with Gasteiger partial charge in [-0.05, 0) is 12.5 Å². The number of amides is 1. The minimum Gasteiger partial charge on any atom is -0.344 e. The zero-order valence-corrected chi connectivity index (χ0v) is 12.5. The molecule has 1 unspecified atom stereocenters. The Balaban J connectivity index is 2.34. The fraction of sp³-hybridized carbons (Fsp3) is 0.364. The van der Waals surface area contributed by atoms with E-state index in [-0.39, 0.29) is 10.9 Å². The molecule has 21 heavy (non-hydrogen) atoms. The van der Waals surface area contributed by atoms with E-state index in [1.807, 2.05) is 0 Å². The summed E-state index contributed by atoms with van der Waals surface area (Å²) in [5.41, 5.74) is -0.394. The van der Waals surface area contributed by atoms with Gasteiger partial charge in [0.1, 0.15) is 10.9 Å². The molecule has 1 amide bonds. The van der Waals surface area contributed by atoms with Gasteiger partial charge in [-0.3, -0.25) is 14.9 Å². The number of nitro benzene ring substituents is 1. The summed E-state index contributed by atoms with van der Waals surface area (Å²) in [4.78, 5) is 22.7. The van der Waals surface area contributed by atoms with E-state index >= 15 is 0 Å². The van der Waals surface area contributed by atoms with E-state index in [4.69, 9.17) is 11.6 Å². The van der Waals surface area contributed by atoms with Crippen molar-refractivity contribution in [3.8, 4) is 0 Å². The van der Waals surface area contributed by atoms with Crippen molar-refractivity contribution in [3.05, 3.63) is 33.3 Å². The van der Waals surface area contributed by atoms with Crippen LogP contribution in [-0.2, 0) is 14.8 Å². The second-order valence-corrected chi connectivity index (χ2v) is 6.68. The number of nitrogens with one attached hydrogen (secondary N) is 1. The number of nitro groups is 1. The van der Waals surface area contributed by atoms with Crippen LogP contribution in [0.2, 0.25) is 5.02 Å². The fourth-order valence-electron chi connectivity index (χ4n) is 1.99. The number of nitrogens with zero attached hydrogens (tertiary/aromatic N) is 2. The number of halogens is 1. The number of carbonyl (C=O) groups excluding carboxylic acids is 1. The summed E-state index contributed by atoms with van der Waals surface area (Å²) in [6, 6.07) is 2.23. The Kier molecular flexibility index (Phi) is 4.17. The average Bonchev–Trinajstić information content (AvgIpc) is 2.70. The highest BCUT2D eigenvalue weighted by Crippen LogP contribution is 2.26. The van der Waals surface area contributed by atoms with E-state index in [9.17, 15) is 23.3 Å². The molecule has 0 aromatic heterocycles. The molecular formula is C11H12ClN3O5S. The van der Waals surface area contributed by atoms with Gasteiger partial charge >= 0.3 is 0 Å². The lowest BCUT2D eigenvalue weighted by atomic mass is 10.3. The zero-order valence-electron chi connectivity index (χ0n) is 10.9. The van der Waals surface area contributed by atoms with Gasteiger partial charge in [0.25, 0.3) is 5.69 Å². The molecule has 1 aromatic carbocycles. The summed E-state index contributed by atoms with van der Waals surface area (Å²) in [5.74, 6) is -0.347. The summed E-state index contributed by atoms with van der Waals surface area (Å²) in [6.45, 7) is 0.439. The average molecular weight is 334 g/mol. The summed E-state index contributed by atoms with van der Waals surface area (Å²) in [6.07, 6.45) is 0.334. The first kappa shape index (κ1) is 15.7. The summed E-state index contributed by atoms with van der Waals surface area (Å²) < 4.78 is 26.7. The van der Waals surface area contributed by atoms with Crippen molar-refractivity contribution in [1.82, 2.24) is 9.62 Å². The van der Waals surface area contributed by atoms with Crippen molar-refractivity contribution >= 4 is 33.2 Å². The van der Waals surface area contributed by atoms with Crippen molar-refractivity contribution in [2.24, 2.45) is 0 Å².